The number of aliphatic hydroxyl groups is 1. The molecule has 0 fully saturated rings. The van der Waals surface area contributed by atoms with E-state index in [1.54, 1.807) is 0 Å². The topological polar surface area (TPSA) is 20.2 Å². The van der Waals surface area contributed by atoms with Crippen molar-refractivity contribution in [1.82, 2.24) is 0 Å². The van der Waals surface area contributed by atoms with Gasteiger partial charge in [-0.15, -0.1) is 0 Å². The third-order valence-corrected chi connectivity index (χ3v) is 2.71. The van der Waals surface area contributed by atoms with Gasteiger partial charge >= 0.3 is 0 Å². The Labute approximate surface area is 89.9 Å². The summed E-state index contributed by atoms with van der Waals surface area (Å²) in [6.07, 6.45) is 9.52. The van der Waals surface area contributed by atoms with Gasteiger partial charge in [-0.1, -0.05) is 59.3 Å². The minimum absolute atomic E-state index is 0.0365. The van der Waals surface area contributed by atoms with Crippen molar-refractivity contribution in [2.45, 2.75) is 78.2 Å². The summed E-state index contributed by atoms with van der Waals surface area (Å²) >= 11 is 0. The van der Waals surface area contributed by atoms with Crippen molar-refractivity contribution in [3.63, 3.8) is 0 Å². The fourth-order valence-electron chi connectivity index (χ4n) is 1.71. The Morgan fingerprint density at radius 3 is 2.07 bits per heavy atom. The van der Waals surface area contributed by atoms with Crippen molar-refractivity contribution < 1.29 is 5.11 Å². The first-order chi connectivity index (χ1) is 6.66. The maximum atomic E-state index is 9.66. The molecule has 14 heavy (non-hydrogen) atoms. The Hall–Kier alpha value is -0.0400. The first kappa shape index (κ1) is 14.0. The zero-order valence-corrected chi connectivity index (χ0v) is 10.3. The molecule has 1 heteroatoms. The van der Waals surface area contributed by atoms with Gasteiger partial charge in [0.25, 0.3) is 0 Å². The van der Waals surface area contributed by atoms with Crippen LogP contribution in [0.1, 0.15) is 72.1 Å². The molecule has 1 N–H and O–H groups in total. The first-order valence-electron chi connectivity index (χ1n) is 6.34. The maximum absolute atomic E-state index is 9.66. The van der Waals surface area contributed by atoms with E-state index in [0.717, 1.165) is 18.8 Å². The Bertz CT molecular complexity index is 110. The van der Waals surface area contributed by atoms with Gasteiger partial charge in [-0.3, -0.25) is 0 Å². The molecule has 0 saturated carbocycles. The molecule has 0 radical (unpaired) electrons. The molecule has 1 unspecified atom stereocenters. The molecule has 86 valence electrons. The SMILES string of the molecule is CCCCCCC(O)CCCC(C)C. The normalized spacial score (nSPS) is 13.5. The Balaban J connectivity index is 3.15. The lowest BCUT2D eigenvalue weighted by Crippen LogP contribution is -2.06. The fourth-order valence-corrected chi connectivity index (χ4v) is 1.71. The van der Waals surface area contributed by atoms with E-state index in [4.69, 9.17) is 0 Å². The zero-order valence-electron chi connectivity index (χ0n) is 10.3. The maximum Gasteiger partial charge on any atom is 0.0540 e. The van der Waals surface area contributed by atoms with Crippen LogP contribution >= 0.6 is 0 Å². The Kier molecular flexibility index (Phi) is 9.49. The minimum Gasteiger partial charge on any atom is -0.393 e. The summed E-state index contributed by atoms with van der Waals surface area (Å²) in [6.45, 7) is 6.71. The Morgan fingerprint density at radius 1 is 0.857 bits per heavy atom. The molecule has 0 saturated heterocycles. The van der Waals surface area contributed by atoms with Crippen LogP contribution < -0.4 is 0 Å². The van der Waals surface area contributed by atoms with Gasteiger partial charge in [0.15, 0.2) is 0 Å². The molecule has 0 aromatic heterocycles. The smallest absolute Gasteiger partial charge is 0.0540 e. The van der Waals surface area contributed by atoms with Crippen LogP contribution in [0.2, 0.25) is 0 Å². The highest BCUT2D eigenvalue weighted by Gasteiger charge is 2.04. The van der Waals surface area contributed by atoms with Gasteiger partial charge in [-0.25, -0.2) is 0 Å². The van der Waals surface area contributed by atoms with Crippen LogP contribution in [-0.4, -0.2) is 11.2 Å². The summed E-state index contributed by atoms with van der Waals surface area (Å²) in [7, 11) is 0. The third kappa shape index (κ3) is 10.0. The average molecular weight is 200 g/mol. The molecule has 0 aliphatic heterocycles. The lowest BCUT2D eigenvalue weighted by Gasteiger charge is -2.10. The number of unbranched alkanes of at least 4 members (excludes halogenated alkanes) is 3. The fraction of sp³-hybridized carbons (Fsp3) is 1.00. The molecule has 0 aliphatic rings. The van der Waals surface area contributed by atoms with Crippen LogP contribution in [0.4, 0.5) is 0 Å². The molecule has 1 atom stereocenters. The van der Waals surface area contributed by atoms with Crippen molar-refractivity contribution in [3.05, 3.63) is 0 Å². The molecular weight excluding hydrogens is 172 g/mol. The summed E-state index contributed by atoms with van der Waals surface area (Å²) in [5.74, 6) is 0.780. The van der Waals surface area contributed by atoms with E-state index in [0.29, 0.717) is 0 Å². The molecular formula is C13H28O. The average Bonchev–Trinajstić information content (AvgIpc) is 2.12. The molecule has 0 rings (SSSR count). The minimum atomic E-state index is -0.0365. The van der Waals surface area contributed by atoms with Crippen LogP contribution in [-0.2, 0) is 0 Å². The van der Waals surface area contributed by atoms with E-state index in [1.807, 2.05) is 0 Å². The summed E-state index contributed by atoms with van der Waals surface area (Å²) in [6, 6.07) is 0. The van der Waals surface area contributed by atoms with E-state index >= 15 is 0 Å². The summed E-state index contributed by atoms with van der Waals surface area (Å²) in [5, 5.41) is 9.66. The number of aliphatic hydroxyl groups excluding tert-OH is 1. The Morgan fingerprint density at radius 2 is 1.50 bits per heavy atom. The van der Waals surface area contributed by atoms with Gasteiger partial charge in [0.1, 0.15) is 0 Å². The van der Waals surface area contributed by atoms with Crippen LogP contribution in [0.3, 0.4) is 0 Å². The first-order valence-corrected chi connectivity index (χ1v) is 6.34. The van der Waals surface area contributed by atoms with Gasteiger partial charge < -0.3 is 5.11 Å². The molecule has 1 nitrogen and oxygen atoms in total. The standard InChI is InChI=1S/C13H28O/c1-4-5-6-7-10-13(14)11-8-9-12(2)3/h12-14H,4-11H2,1-3H3. The summed E-state index contributed by atoms with van der Waals surface area (Å²) in [5.41, 5.74) is 0. The summed E-state index contributed by atoms with van der Waals surface area (Å²) < 4.78 is 0. The summed E-state index contributed by atoms with van der Waals surface area (Å²) in [4.78, 5) is 0. The molecule has 0 aromatic carbocycles. The molecule has 0 spiro atoms. The van der Waals surface area contributed by atoms with Crippen molar-refractivity contribution in [2.24, 2.45) is 5.92 Å². The highest BCUT2D eigenvalue weighted by Crippen LogP contribution is 2.13. The largest absolute Gasteiger partial charge is 0.393 e. The van der Waals surface area contributed by atoms with Gasteiger partial charge in [0.05, 0.1) is 6.10 Å². The second kappa shape index (κ2) is 9.51. The molecule has 0 aromatic rings. The van der Waals surface area contributed by atoms with Crippen LogP contribution in [0.15, 0.2) is 0 Å². The second-order valence-electron chi connectivity index (χ2n) is 4.83. The van der Waals surface area contributed by atoms with E-state index < -0.39 is 0 Å². The zero-order chi connectivity index (χ0) is 10.8. The van der Waals surface area contributed by atoms with Crippen LogP contribution in [0, 0.1) is 5.92 Å². The number of rotatable bonds is 9. The van der Waals surface area contributed by atoms with Crippen LogP contribution in [0.25, 0.3) is 0 Å². The number of hydrogen-bond donors (Lipinski definition) is 1. The van der Waals surface area contributed by atoms with E-state index in [9.17, 15) is 5.11 Å². The van der Waals surface area contributed by atoms with E-state index in [2.05, 4.69) is 20.8 Å². The quantitative estimate of drug-likeness (QED) is 0.554. The lowest BCUT2D eigenvalue weighted by atomic mass is 10.0. The highest BCUT2D eigenvalue weighted by molar-refractivity contribution is 4.57. The van der Waals surface area contributed by atoms with Gasteiger partial charge in [-0.2, -0.15) is 0 Å². The van der Waals surface area contributed by atoms with Crippen molar-refractivity contribution in [1.29, 1.82) is 0 Å². The molecule has 0 bridgehead atoms. The highest BCUT2D eigenvalue weighted by atomic mass is 16.3. The molecule has 0 heterocycles. The predicted molar refractivity (Wildman–Crippen MR) is 63.5 cm³/mol. The van der Waals surface area contributed by atoms with Crippen molar-refractivity contribution in [3.8, 4) is 0 Å². The number of hydrogen-bond acceptors (Lipinski definition) is 1. The van der Waals surface area contributed by atoms with E-state index in [-0.39, 0.29) is 6.10 Å². The van der Waals surface area contributed by atoms with Crippen LogP contribution in [0.5, 0.6) is 0 Å². The van der Waals surface area contributed by atoms with Gasteiger partial charge in [0, 0.05) is 0 Å². The second-order valence-corrected chi connectivity index (χ2v) is 4.83. The van der Waals surface area contributed by atoms with Crippen molar-refractivity contribution in [2.75, 3.05) is 0 Å². The van der Waals surface area contributed by atoms with Gasteiger partial charge in [-0.05, 0) is 18.8 Å². The third-order valence-electron chi connectivity index (χ3n) is 2.71. The van der Waals surface area contributed by atoms with Crippen molar-refractivity contribution >= 4 is 0 Å². The van der Waals surface area contributed by atoms with Gasteiger partial charge in [0.2, 0.25) is 0 Å². The molecule has 0 aliphatic carbocycles. The molecule has 0 amide bonds. The monoisotopic (exact) mass is 200 g/mol. The van der Waals surface area contributed by atoms with E-state index in [1.165, 1.54) is 38.5 Å². The lowest BCUT2D eigenvalue weighted by molar-refractivity contribution is 0.146. The predicted octanol–water partition coefficient (Wildman–Crippen LogP) is 4.14.